The van der Waals surface area contributed by atoms with Crippen molar-refractivity contribution in [2.45, 2.75) is 17.4 Å². The quantitative estimate of drug-likeness (QED) is 0.575. The lowest BCUT2D eigenvalue weighted by molar-refractivity contribution is -0.144. The van der Waals surface area contributed by atoms with Gasteiger partial charge in [0.2, 0.25) is 10.0 Å². The fourth-order valence-corrected chi connectivity index (χ4v) is 3.91. The van der Waals surface area contributed by atoms with E-state index in [-0.39, 0.29) is 17.9 Å². The van der Waals surface area contributed by atoms with Crippen LogP contribution in [-0.2, 0) is 24.4 Å². The topological polar surface area (TPSA) is 94.5 Å². The molecule has 1 aliphatic rings. The first-order valence-corrected chi connectivity index (χ1v) is 8.20. The molecule has 0 radical (unpaired) electrons. The summed E-state index contributed by atoms with van der Waals surface area (Å²) in [7, 11) is 0.188. The van der Waals surface area contributed by atoms with Crippen LogP contribution in [0.25, 0.3) is 0 Å². The van der Waals surface area contributed by atoms with Crippen molar-refractivity contribution in [3.63, 3.8) is 0 Å². The molecule has 1 saturated heterocycles. The minimum atomic E-state index is -3.88. The summed E-state index contributed by atoms with van der Waals surface area (Å²) in [5.74, 6) is -0.0973. The molecule has 8 nitrogen and oxygen atoms in total. The minimum absolute atomic E-state index is 0.0258. The lowest BCUT2D eigenvalue weighted by Crippen LogP contribution is -2.41. The highest BCUT2D eigenvalue weighted by atomic mass is 32.2. The van der Waals surface area contributed by atoms with Gasteiger partial charge in [0.15, 0.2) is 0 Å². The average Bonchev–Trinajstić information content (AvgIpc) is 2.99. The van der Waals surface area contributed by atoms with Gasteiger partial charge in [-0.3, -0.25) is 4.79 Å². The number of methoxy groups -OCH3 is 2. The van der Waals surface area contributed by atoms with Crippen LogP contribution in [-0.4, -0.2) is 58.3 Å². The van der Waals surface area contributed by atoms with Gasteiger partial charge in [0.25, 0.3) is 0 Å². The van der Waals surface area contributed by atoms with Crippen molar-refractivity contribution in [1.29, 1.82) is 0 Å². The highest BCUT2D eigenvalue weighted by molar-refractivity contribution is 7.89. The van der Waals surface area contributed by atoms with Crippen molar-refractivity contribution >= 4 is 21.7 Å². The second-order valence-electron chi connectivity index (χ2n) is 4.81. The standard InChI is InChI=1S/C14H18N2O6S/c1-20-11-4-6-12(7-5-11)23(18,19)16-9-10(15-22-3)8-13(16)14(17)21-2/h4-7,13H,8-9H2,1-3H3/b15-10-/t13-/m1/s1. The van der Waals surface area contributed by atoms with Gasteiger partial charge in [-0.25, -0.2) is 8.42 Å². The Bertz CT molecular complexity index is 698. The summed E-state index contributed by atoms with van der Waals surface area (Å²) in [4.78, 5) is 16.7. The first-order chi connectivity index (χ1) is 10.9. The molecule has 2 rings (SSSR count). The summed E-state index contributed by atoms with van der Waals surface area (Å²) in [5.41, 5.74) is 0.458. The summed E-state index contributed by atoms with van der Waals surface area (Å²) in [6.45, 7) is -0.0258. The van der Waals surface area contributed by atoms with E-state index < -0.39 is 22.0 Å². The van der Waals surface area contributed by atoms with E-state index in [1.807, 2.05) is 0 Å². The number of esters is 1. The fraction of sp³-hybridized carbons (Fsp3) is 0.429. The number of hydrogen-bond acceptors (Lipinski definition) is 7. The Hall–Kier alpha value is -2.13. The molecule has 0 spiro atoms. The highest BCUT2D eigenvalue weighted by Crippen LogP contribution is 2.27. The first-order valence-electron chi connectivity index (χ1n) is 6.76. The van der Waals surface area contributed by atoms with Crippen LogP contribution >= 0.6 is 0 Å². The monoisotopic (exact) mass is 342 g/mol. The number of hydrogen-bond donors (Lipinski definition) is 0. The lowest BCUT2D eigenvalue weighted by atomic mass is 10.2. The summed E-state index contributed by atoms with van der Waals surface area (Å²) >= 11 is 0. The van der Waals surface area contributed by atoms with E-state index in [0.717, 1.165) is 4.31 Å². The molecule has 1 aromatic carbocycles. The Balaban J connectivity index is 2.38. The number of benzene rings is 1. The van der Waals surface area contributed by atoms with Gasteiger partial charge < -0.3 is 14.3 Å². The van der Waals surface area contributed by atoms with Gasteiger partial charge in [-0.15, -0.1) is 0 Å². The van der Waals surface area contributed by atoms with Gasteiger partial charge in [-0.05, 0) is 24.3 Å². The average molecular weight is 342 g/mol. The van der Waals surface area contributed by atoms with E-state index >= 15 is 0 Å². The van der Waals surface area contributed by atoms with E-state index in [0.29, 0.717) is 11.5 Å². The molecule has 0 amide bonds. The molecule has 0 aromatic heterocycles. The van der Waals surface area contributed by atoms with Gasteiger partial charge in [0.05, 0.1) is 31.4 Å². The molecule has 126 valence electrons. The van der Waals surface area contributed by atoms with E-state index in [2.05, 4.69) is 9.99 Å². The fourth-order valence-electron chi connectivity index (χ4n) is 2.35. The van der Waals surface area contributed by atoms with Crippen LogP contribution in [0, 0.1) is 0 Å². The van der Waals surface area contributed by atoms with E-state index in [9.17, 15) is 13.2 Å². The molecule has 0 N–H and O–H groups in total. The van der Waals surface area contributed by atoms with Crippen LogP contribution < -0.4 is 4.74 Å². The maximum absolute atomic E-state index is 12.8. The molecular weight excluding hydrogens is 324 g/mol. The Morgan fingerprint density at radius 3 is 2.39 bits per heavy atom. The number of carbonyl (C=O) groups is 1. The summed E-state index contributed by atoms with van der Waals surface area (Å²) in [5, 5.41) is 3.76. The maximum Gasteiger partial charge on any atom is 0.324 e. The largest absolute Gasteiger partial charge is 0.497 e. The zero-order valence-corrected chi connectivity index (χ0v) is 13.9. The SMILES string of the molecule is CO/N=C1/C[C@H](C(=O)OC)N(S(=O)(=O)c2ccc(OC)cc2)C1. The second-order valence-corrected chi connectivity index (χ2v) is 6.70. The molecule has 1 atom stereocenters. The third kappa shape index (κ3) is 3.45. The highest BCUT2D eigenvalue weighted by Gasteiger charge is 2.43. The summed E-state index contributed by atoms with van der Waals surface area (Å²) < 4.78 is 36.4. The normalized spacial score (nSPS) is 20.5. The van der Waals surface area contributed by atoms with E-state index in [4.69, 9.17) is 9.47 Å². The predicted molar refractivity (Wildman–Crippen MR) is 81.8 cm³/mol. The van der Waals surface area contributed by atoms with Gasteiger partial charge in [0.1, 0.15) is 18.9 Å². The van der Waals surface area contributed by atoms with Gasteiger partial charge in [-0.1, -0.05) is 5.16 Å². The number of carbonyl (C=O) groups excluding carboxylic acids is 1. The van der Waals surface area contributed by atoms with Gasteiger partial charge >= 0.3 is 5.97 Å². The van der Waals surface area contributed by atoms with Crippen LogP contribution in [0.5, 0.6) is 5.75 Å². The lowest BCUT2D eigenvalue weighted by Gasteiger charge is -2.21. The van der Waals surface area contributed by atoms with Crippen molar-refractivity contribution in [2.24, 2.45) is 5.16 Å². The Morgan fingerprint density at radius 1 is 1.22 bits per heavy atom. The number of rotatable bonds is 5. The Kier molecular flexibility index (Phi) is 5.22. The summed E-state index contributed by atoms with van der Waals surface area (Å²) in [6, 6.07) is 4.98. The summed E-state index contributed by atoms with van der Waals surface area (Å²) in [6.07, 6.45) is 0.135. The third-order valence-corrected chi connectivity index (χ3v) is 5.34. The van der Waals surface area contributed by atoms with Crippen LogP contribution in [0.4, 0.5) is 0 Å². The molecule has 23 heavy (non-hydrogen) atoms. The molecule has 1 fully saturated rings. The molecule has 1 aliphatic heterocycles. The molecule has 0 unspecified atom stereocenters. The Labute approximate surface area is 134 Å². The van der Waals surface area contributed by atoms with Crippen molar-refractivity contribution in [1.82, 2.24) is 4.31 Å². The van der Waals surface area contributed by atoms with Crippen molar-refractivity contribution in [3.05, 3.63) is 24.3 Å². The van der Waals surface area contributed by atoms with Crippen molar-refractivity contribution < 1.29 is 27.5 Å². The second kappa shape index (κ2) is 6.97. The maximum atomic E-state index is 12.8. The van der Waals surface area contributed by atoms with Crippen LogP contribution in [0.1, 0.15) is 6.42 Å². The number of ether oxygens (including phenoxy) is 2. The minimum Gasteiger partial charge on any atom is -0.497 e. The first kappa shape index (κ1) is 17.2. The van der Waals surface area contributed by atoms with E-state index in [1.165, 1.54) is 33.5 Å². The molecule has 9 heteroatoms. The number of sulfonamides is 1. The molecular formula is C14H18N2O6S. The zero-order chi connectivity index (χ0) is 17.0. The van der Waals surface area contributed by atoms with Gasteiger partial charge in [-0.2, -0.15) is 4.31 Å². The number of nitrogens with zero attached hydrogens (tertiary/aromatic N) is 2. The van der Waals surface area contributed by atoms with Crippen LogP contribution in [0.15, 0.2) is 34.3 Å². The molecule has 1 aromatic rings. The van der Waals surface area contributed by atoms with E-state index in [1.54, 1.807) is 12.1 Å². The number of oxime groups is 1. The molecule has 0 saturated carbocycles. The van der Waals surface area contributed by atoms with Crippen molar-refractivity contribution in [3.8, 4) is 5.75 Å². The third-order valence-electron chi connectivity index (χ3n) is 3.47. The van der Waals surface area contributed by atoms with Gasteiger partial charge in [0, 0.05) is 6.42 Å². The van der Waals surface area contributed by atoms with Crippen LogP contribution in [0.3, 0.4) is 0 Å². The molecule has 0 bridgehead atoms. The van der Waals surface area contributed by atoms with Crippen molar-refractivity contribution in [2.75, 3.05) is 27.9 Å². The zero-order valence-electron chi connectivity index (χ0n) is 13.1. The molecule has 0 aliphatic carbocycles. The smallest absolute Gasteiger partial charge is 0.324 e. The van der Waals surface area contributed by atoms with Crippen LogP contribution in [0.2, 0.25) is 0 Å². The molecule has 1 heterocycles. The predicted octanol–water partition coefficient (Wildman–Crippen LogP) is 0.634. The Morgan fingerprint density at radius 2 is 1.87 bits per heavy atom.